The van der Waals surface area contributed by atoms with Crippen LogP contribution in [0.15, 0.2) is 24.3 Å². The number of carbonyl (C=O) groups excluding carboxylic acids is 1. The zero-order valence-corrected chi connectivity index (χ0v) is 13.8. The smallest absolute Gasteiger partial charge is 0.310 e. The Morgan fingerprint density at radius 1 is 1.22 bits per heavy atom. The largest absolute Gasteiger partial charge is 0.481 e. The van der Waals surface area contributed by atoms with Gasteiger partial charge in [-0.15, -0.1) is 0 Å². The van der Waals surface area contributed by atoms with Crippen molar-refractivity contribution in [3.63, 3.8) is 0 Å². The molecule has 0 saturated heterocycles. The Labute approximate surface area is 137 Å². The van der Waals surface area contributed by atoms with E-state index in [-0.39, 0.29) is 24.2 Å². The summed E-state index contributed by atoms with van der Waals surface area (Å²) in [5.41, 5.74) is 0.627. The van der Waals surface area contributed by atoms with Gasteiger partial charge in [0.1, 0.15) is 5.78 Å². The van der Waals surface area contributed by atoms with Crippen molar-refractivity contribution in [2.45, 2.75) is 57.9 Å². The predicted octanol–water partition coefficient (Wildman–Crippen LogP) is 3.99. The van der Waals surface area contributed by atoms with Crippen molar-refractivity contribution in [3.8, 4) is 0 Å². The maximum atomic E-state index is 12.3. The minimum absolute atomic E-state index is 0.0461. The second-order valence-corrected chi connectivity index (χ2v) is 6.53. The number of benzene rings is 1. The predicted molar refractivity (Wildman–Crippen MR) is 87.9 cm³/mol. The first kappa shape index (κ1) is 17.2. The number of nitrogens with zero attached hydrogens (tertiary/aromatic N) is 1. The van der Waals surface area contributed by atoms with Gasteiger partial charge in [-0.2, -0.15) is 0 Å². The van der Waals surface area contributed by atoms with Crippen LogP contribution in [0.4, 0.5) is 0 Å². The summed E-state index contributed by atoms with van der Waals surface area (Å²) in [6, 6.07) is 7.63. The molecule has 1 aromatic rings. The second kappa shape index (κ2) is 6.54. The normalized spacial score (nSPS) is 15.7. The maximum absolute atomic E-state index is 12.3. The third-order valence-electron chi connectivity index (χ3n) is 5.17. The Bertz CT molecular complexity index is 632. The molecule has 122 valence electrons. The zero-order chi connectivity index (χ0) is 17.1. The molecule has 0 radical (unpaired) electrons. The van der Waals surface area contributed by atoms with Gasteiger partial charge in [0.05, 0.1) is 5.41 Å². The number of hydrogen-bond donors (Lipinski definition) is 1. The lowest BCUT2D eigenvalue weighted by molar-refractivity contribution is -0.152. The van der Waals surface area contributed by atoms with Crippen LogP contribution in [-0.4, -0.2) is 16.9 Å². The minimum Gasteiger partial charge on any atom is -0.481 e. The first-order valence-corrected chi connectivity index (χ1v) is 8.14. The molecule has 0 atom stereocenters. The summed E-state index contributed by atoms with van der Waals surface area (Å²) in [6.45, 7) is 10.9. The molecule has 4 heteroatoms. The van der Waals surface area contributed by atoms with Crippen LogP contribution in [0, 0.1) is 12.0 Å². The molecule has 0 bridgehead atoms. The van der Waals surface area contributed by atoms with Crippen molar-refractivity contribution in [3.05, 3.63) is 46.8 Å². The van der Waals surface area contributed by atoms with Gasteiger partial charge < -0.3 is 9.95 Å². The van der Waals surface area contributed by atoms with Crippen LogP contribution in [-0.2, 0) is 21.5 Å². The van der Waals surface area contributed by atoms with Gasteiger partial charge in [0.2, 0.25) is 0 Å². The molecule has 0 aromatic heterocycles. The first-order valence-electron chi connectivity index (χ1n) is 8.14. The molecule has 2 rings (SSSR count). The lowest BCUT2D eigenvalue weighted by Crippen LogP contribution is -2.32. The molecule has 0 amide bonds. The number of ketones is 1. The monoisotopic (exact) mass is 313 g/mol. The highest BCUT2D eigenvalue weighted by molar-refractivity contribution is 5.87. The quantitative estimate of drug-likeness (QED) is 0.738. The van der Waals surface area contributed by atoms with Crippen molar-refractivity contribution in [2.24, 2.45) is 5.41 Å². The highest BCUT2D eigenvalue weighted by Crippen LogP contribution is 2.49. The third-order valence-corrected chi connectivity index (χ3v) is 5.17. The van der Waals surface area contributed by atoms with E-state index >= 15 is 0 Å². The molecule has 1 aromatic carbocycles. The Morgan fingerprint density at radius 3 is 2.17 bits per heavy atom. The number of carboxylic acid groups (broad SMARTS) is 1. The first-order chi connectivity index (χ1) is 10.9. The maximum Gasteiger partial charge on any atom is 0.310 e. The summed E-state index contributed by atoms with van der Waals surface area (Å²) in [5, 5.41) is 9.42. The number of hydrogen-bond acceptors (Lipinski definition) is 2. The van der Waals surface area contributed by atoms with E-state index in [1.54, 1.807) is 0 Å². The fraction of sp³-hybridized carbons (Fsp3) is 0.526. The topological polar surface area (TPSA) is 58.7 Å². The average Bonchev–Trinajstić information content (AvgIpc) is 3.34. The van der Waals surface area contributed by atoms with E-state index in [0.717, 1.165) is 24.0 Å². The molecule has 1 fully saturated rings. The van der Waals surface area contributed by atoms with Gasteiger partial charge in [-0.1, -0.05) is 38.1 Å². The van der Waals surface area contributed by atoms with Gasteiger partial charge in [-0.3, -0.25) is 9.59 Å². The van der Waals surface area contributed by atoms with E-state index in [9.17, 15) is 14.7 Å². The van der Waals surface area contributed by atoms with Gasteiger partial charge in [0.25, 0.3) is 5.54 Å². The molecule has 0 aliphatic heterocycles. The SMILES string of the molecule is [C-]#[N+]C1(c2ccc(CC(=O)CC(CC)(CC)C(=O)O)cc2)CC1. The standard InChI is InChI=1S/C19H23NO3/c1-4-18(5-2,17(22)23)13-16(21)12-14-6-8-15(9-7-14)19(20-3)10-11-19/h6-9H,4-5,10-13H2,1-2H3,(H,22,23). The number of carboxylic acids is 1. The van der Waals surface area contributed by atoms with Gasteiger partial charge in [0.15, 0.2) is 0 Å². The number of aliphatic carboxylic acids is 1. The van der Waals surface area contributed by atoms with Crippen LogP contribution in [0.25, 0.3) is 4.85 Å². The molecule has 23 heavy (non-hydrogen) atoms. The Morgan fingerprint density at radius 2 is 1.78 bits per heavy atom. The second-order valence-electron chi connectivity index (χ2n) is 6.53. The molecule has 0 unspecified atom stereocenters. The van der Waals surface area contributed by atoms with Crippen LogP contribution >= 0.6 is 0 Å². The van der Waals surface area contributed by atoms with E-state index < -0.39 is 11.4 Å². The van der Waals surface area contributed by atoms with E-state index in [4.69, 9.17) is 6.57 Å². The summed E-state index contributed by atoms with van der Waals surface area (Å²) in [5.74, 6) is -0.936. The molecule has 1 saturated carbocycles. The molecule has 0 spiro atoms. The molecule has 4 nitrogen and oxygen atoms in total. The van der Waals surface area contributed by atoms with Gasteiger partial charge in [-0.25, -0.2) is 6.57 Å². The average molecular weight is 313 g/mol. The van der Waals surface area contributed by atoms with E-state index in [1.165, 1.54) is 0 Å². The molecule has 0 heterocycles. The van der Waals surface area contributed by atoms with E-state index in [0.29, 0.717) is 12.8 Å². The van der Waals surface area contributed by atoms with E-state index in [1.807, 2.05) is 38.1 Å². The van der Waals surface area contributed by atoms with Crippen LogP contribution in [0.1, 0.15) is 57.1 Å². The lowest BCUT2D eigenvalue weighted by atomic mass is 9.77. The Balaban J connectivity index is 2.03. The fourth-order valence-corrected chi connectivity index (χ4v) is 3.06. The van der Waals surface area contributed by atoms with Crippen LogP contribution in [0.3, 0.4) is 0 Å². The van der Waals surface area contributed by atoms with Gasteiger partial charge in [-0.05, 0) is 18.4 Å². The van der Waals surface area contributed by atoms with Crippen LogP contribution < -0.4 is 0 Å². The lowest BCUT2D eigenvalue weighted by Gasteiger charge is -2.25. The summed E-state index contributed by atoms with van der Waals surface area (Å²) < 4.78 is 0. The Kier molecular flexibility index (Phi) is 4.89. The van der Waals surface area contributed by atoms with Crippen molar-refractivity contribution in [1.82, 2.24) is 0 Å². The number of carbonyl (C=O) groups is 2. The van der Waals surface area contributed by atoms with E-state index in [2.05, 4.69) is 4.85 Å². The summed E-state index contributed by atoms with van der Waals surface area (Å²) >= 11 is 0. The minimum atomic E-state index is -0.945. The van der Waals surface area contributed by atoms with Gasteiger partial charge in [0, 0.05) is 31.2 Å². The zero-order valence-electron chi connectivity index (χ0n) is 13.8. The molecular weight excluding hydrogens is 290 g/mol. The van der Waals surface area contributed by atoms with Crippen molar-refractivity contribution < 1.29 is 14.7 Å². The molecule has 1 aliphatic rings. The summed E-state index contributed by atoms with van der Waals surface area (Å²) in [7, 11) is 0. The number of rotatable bonds is 8. The van der Waals surface area contributed by atoms with Crippen molar-refractivity contribution in [2.75, 3.05) is 0 Å². The van der Waals surface area contributed by atoms with Gasteiger partial charge >= 0.3 is 5.97 Å². The van der Waals surface area contributed by atoms with Crippen molar-refractivity contribution in [1.29, 1.82) is 0 Å². The van der Waals surface area contributed by atoms with Crippen molar-refractivity contribution >= 4 is 11.8 Å². The summed E-state index contributed by atoms with van der Waals surface area (Å²) in [4.78, 5) is 27.5. The highest BCUT2D eigenvalue weighted by atomic mass is 16.4. The third kappa shape index (κ3) is 3.44. The van der Waals surface area contributed by atoms with Crippen LogP contribution in [0.2, 0.25) is 0 Å². The molecule has 1 N–H and O–H groups in total. The highest BCUT2D eigenvalue weighted by Gasteiger charge is 2.52. The molecule has 1 aliphatic carbocycles. The molecular formula is C19H23NO3. The fourth-order valence-electron chi connectivity index (χ4n) is 3.06. The number of Topliss-reactive ketones (excluding diaryl/α,β-unsaturated/α-hetero) is 1. The Hall–Kier alpha value is -2.15. The summed E-state index contributed by atoms with van der Waals surface area (Å²) in [6.07, 6.45) is 3.04. The van der Waals surface area contributed by atoms with Crippen LogP contribution in [0.5, 0.6) is 0 Å².